The van der Waals surface area contributed by atoms with Gasteiger partial charge in [-0.25, -0.2) is 0 Å². The molecule has 0 aliphatic heterocycles. The Balaban J connectivity index is 1.92. The highest BCUT2D eigenvalue weighted by molar-refractivity contribution is 8.01. The maximum Gasteiger partial charge on any atom is 0.231 e. The van der Waals surface area contributed by atoms with Gasteiger partial charge in [-0.2, -0.15) is 0 Å². The smallest absolute Gasteiger partial charge is 0.231 e. The Kier molecular flexibility index (Phi) is 5.59. The van der Waals surface area contributed by atoms with Crippen LogP contribution in [0.3, 0.4) is 0 Å². The average molecular weight is 324 g/mol. The Morgan fingerprint density at radius 3 is 2.90 bits per heavy atom. The molecule has 0 unspecified atom stereocenters. The summed E-state index contributed by atoms with van der Waals surface area (Å²) < 4.78 is 0.676. The van der Waals surface area contributed by atoms with Gasteiger partial charge in [-0.1, -0.05) is 35.9 Å². The Hall–Kier alpha value is -1.59. The van der Waals surface area contributed by atoms with Crippen molar-refractivity contribution in [2.24, 2.45) is 0 Å². The molecule has 0 aromatic carbocycles. The van der Waals surface area contributed by atoms with E-state index >= 15 is 0 Å². The zero-order valence-electron chi connectivity index (χ0n) is 11.7. The van der Waals surface area contributed by atoms with Crippen LogP contribution in [0, 0.1) is 12.3 Å². The van der Waals surface area contributed by atoms with E-state index in [1.807, 2.05) is 6.92 Å². The first kappa shape index (κ1) is 15.8. The molecule has 0 atom stereocenters. The number of hydrogen-bond acceptors (Lipinski definition) is 6. The van der Waals surface area contributed by atoms with Crippen LogP contribution in [0.25, 0.3) is 0 Å². The van der Waals surface area contributed by atoms with Gasteiger partial charge in [0.25, 0.3) is 0 Å². The van der Waals surface area contributed by atoms with Gasteiger partial charge in [0.1, 0.15) is 0 Å². The van der Waals surface area contributed by atoms with Crippen molar-refractivity contribution in [2.45, 2.75) is 36.6 Å². The molecule has 1 aromatic heterocycles. The minimum absolute atomic E-state index is 0.0666. The lowest BCUT2D eigenvalue weighted by atomic mass is 10.4. The summed E-state index contributed by atoms with van der Waals surface area (Å²) in [5.74, 6) is 2.51. The highest BCUT2D eigenvalue weighted by Gasteiger charge is 2.35. The summed E-state index contributed by atoms with van der Waals surface area (Å²) in [7, 11) is 0. The molecule has 0 radical (unpaired) electrons. The number of anilines is 1. The number of carbonyl (C=O) groups is 2. The van der Waals surface area contributed by atoms with E-state index in [1.54, 1.807) is 4.90 Å². The van der Waals surface area contributed by atoms with Crippen LogP contribution in [0.2, 0.25) is 0 Å². The minimum Gasteiger partial charge on any atom is -0.344 e. The molecule has 0 spiro atoms. The zero-order chi connectivity index (χ0) is 15.2. The van der Waals surface area contributed by atoms with E-state index in [4.69, 9.17) is 6.42 Å². The van der Waals surface area contributed by atoms with E-state index in [9.17, 15) is 9.59 Å². The van der Waals surface area contributed by atoms with Crippen LogP contribution < -0.4 is 10.2 Å². The summed E-state index contributed by atoms with van der Waals surface area (Å²) in [5.41, 5.74) is 0. The fourth-order valence-corrected chi connectivity index (χ4v) is 3.42. The second kappa shape index (κ2) is 7.43. The summed E-state index contributed by atoms with van der Waals surface area (Å²) in [6, 6.07) is 0.266. The lowest BCUT2D eigenvalue weighted by Crippen LogP contribution is -2.32. The van der Waals surface area contributed by atoms with Crippen molar-refractivity contribution in [3.05, 3.63) is 0 Å². The standard InChI is InChI=1S/C13H16N4O2S2/c1-3-7-14-10(18)8-20-13-16-15-12(21-13)17(9-5-6-9)11(19)4-2/h1,9H,4-8H2,2H3,(H,14,18). The van der Waals surface area contributed by atoms with Crippen molar-refractivity contribution in [3.63, 3.8) is 0 Å². The first-order chi connectivity index (χ1) is 10.2. The fourth-order valence-electron chi connectivity index (χ4n) is 1.66. The first-order valence-corrected chi connectivity index (χ1v) is 8.44. The van der Waals surface area contributed by atoms with Gasteiger partial charge in [-0.3, -0.25) is 14.5 Å². The molecule has 1 aliphatic carbocycles. The second-order valence-corrected chi connectivity index (χ2v) is 6.65. The van der Waals surface area contributed by atoms with Gasteiger partial charge in [0, 0.05) is 12.5 Å². The number of nitrogens with one attached hydrogen (secondary N) is 1. The predicted molar refractivity (Wildman–Crippen MR) is 83.3 cm³/mol. The first-order valence-electron chi connectivity index (χ1n) is 6.64. The number of nitrogens with zero attached hydrogens (tertiary/aromatic N) is 3. The maximum absolute atomic E-state index is 12.0. The number of terminal acetylenes is 1. The van der Waals surface area contributed by atoms with E-state index < -0.39 is 0 Å². The number of hydrogen-bond donors (Lipinski definition) is 1. The van der Waals surface area contributed by atoms with Crippen LogP contribution in [-0.2, 0) is 9.59 Å². The van der Waals surface area contributed by atoms with Gasteiger partial charge < -0.3 is 5.32 Å². The fraction of sp³-hybridized carbons (Fsp3) is 0.538. The van der Waals surface area contributed by atoms with E-state index in [2.05, 4.69) is 21.4 Å². The highest BCUT2D eigenvalue weighted by atomic mass is 32.2. The van der Waals surface area contributed by atoms with Gasteiger partial charge in [-0.05, 0) is 12.8 Å². The van der Waals surface area contributed by atoms with Crippen molar-refractivity contribution in [2.75, 3.05) is 17.2 Å². The maximum atomic E-state index is 12.0. The highest BCUT2D eigenvalue weighted by Crippen LogP contribution is 2.36. The third kappa shape index (κ3) is 4.44. The molecule has 112 valence electrons. The molecule has 1 aromatic rings. The predicted octanol–water partition coefficient (Wildman–Crippen LogP) is 1.28. The number of amides is 2. The molecule has 0 saturated heterocycles. The molecule has 8 heteroatoms. The third-order valence-corrected chi connectivity index (χ3v) is 4.86. The van der Waals surface area contributed by atoms with E-state index in [0.29, 0.717) is 15.9 Å². The number of thioether (sulfide) groups is 1. The van der Waals surface area contributed by atoms with E-state index in [-0.39, 0.29) is 30.2 Å². The molecular weight excluding hydrogens is 308 g/mol. The topological polar surface area (TPSA) is 75.2 Å². The van der Waals surface area contributed by atoms with Gasteiger partial charge in [0.05, 0.1) is 12.3 Å². The monoisotopic (exact) mass is 324 g/mol. The number of rotatable bonds is 7. The summed E-state index contributed by atoms with van der Waals surface area (Å²) in [4.78, 5) is 25.2. The molecule has 1 N–H and O–H groups in total. The molecule has 0 bridgehead atoms. The lowest BCUT2D eigenvalue weighted by Gasteiger charge is -2.17. The minimum atomic E-state index is -0.140. The lowest BCUT2D eigenvalue weighted by molar-refractivity contribution is -0.119. The third-order valence-electron chi connectivity index (χ3n) is 2.80. The largest absolute Gasteiger partial charge is 0.344 e. The molecule has 1 aliphatic rings. The second-order valence-electron chi connectivity index (χ2n) is 4.47. The molecule has 1 fully saturated rings. The van der Waals surface area contributed by atoms with Gasteiger partial charge in [0.2, 0.25) is 16.9 Å². The summed E-state index contributed by atoms with van der Waals surface area (Å²) >= 11 is 2.64. The van der Waals surface area contributed by atoms with Crippen molar-refractivity contribution in [1.82, 2.24) is 15.5 Å². The molecule has 21 heavy (non-hydrogen) atoms. The van der Waals surface area contributed by atoms with Gasteiger partial charge in [0.15, 0.2) is 4.34 Å². The molecule has 6 nitrogen and oxygen atoms in total. The Morgan fingerprint density at radius 2 is 2.29 bits per heavy atom. The van der Waals surface area contributed by atoms with Crippen LogP contribution in [0.4, 0.5) is 5.13 Å². The summed E-state index contributed by atoms with van der Waals surface area (Å²) in [6.07, 6.45) is 7.55. The van der Waals surface area contributed by atoms with Crippen molar-refractivity contribution < 1.29 is 9.59 Å². The van der Waals surface area contributed by atoms with Gasteiger partial charge >= 0.3 is 0 Å². The van der Waals surface area contributed by atoms with Gasteiger partial charge in [-0.15, -0.1) is 16.6 Å². The molecule has 1 saturated carbocycles. The SMILES string of the molecule is C#CCNC(=O)CSc1nnc(N(C(=O)CC)C2CC2)s1. The zero-order valence-corrected chi connectivity index (χ0v) is 13.3. The van der Waals surface area contributed by atoms with E-state index in [0.717, 1.165) is 12.8 Å². The Bertz CT molecular complexity index is 563. The molecular formula is C13H16N4O2S2. The average Bonchev–Trinajstić information content (AvgIpc) is 3.21. The quantitative estimate of drug-likeness (QED) is 0.465. The normalized spacial score (nSPS) is 13.5. The van der Waals surface area contributed by atoms with Crippen molar-refractivity contribution in [1.29, 1.82) is 0 Å². The number of aromatic nitrogens is 2. The van der Waals surface area contributed by atoms with Crippen LogP contribution in [0.5, 0.6) is 0 Å². The molecule has 1 heterocycles. The van der Waals surface area contributed by atoms with Crippen LogP contribution in [0.15, 0.2) is 4.34 Å². The summed E-state index contributed by atoms with van der Waals surface area (Å²) in [5, 5.41) is 11.3. The molecule has 2 rings (SSSR count). The van der Waals surface area contributed by atoms with Crippen LogP contribution in [0.1, 0.15) is 26.2 Å². The van der Waals surface area contributed by atoms with Crippen molar-refractivity contribution >= 4 is 40.0 Å². The van der Waals surface area contributed by atoms with Crippen molar-refractivity contribution in [3.8, 4) is 12.3 Å². The summed E-state index contributed by atoms with van der Waals surface area (Å²) in [6.45, 7) is 2.06. The Labute approximate surface area is 131 Å². The molecule has 2 amide bonds. The van der Waals surface area contributed by atoms with Crippen LogP contribution in [-0.4, -0.2) is 40.4 Å². The van der Waals surface area contributed by atoms with Crippen LogP contribution >= 0.6 is 23.1 Å². The number of carbonyl (C=O) groups excluding carboxylic acids is 2. The van der Waals surface area contributed by atoms with E-state index in [1.165, 1.54) is 23.1 Å². The Morgan fingerprint density at radius 1 is 1.52 bits per heavy atom.